The van der Waals surface area contributed by atoms with Crippen LogP contribution in [0.3, 0.4) is 0 Å². The minimum Gasteiger partial charge on any atom is -0.369 e. The SMILES string of the molecule is CCNc1nc(NCCCC(C)C)c2cc(C)sc2n1. The van der Waals surface area contributed by atoms with Gasteiger partial charge >= 0.3 is 0 Å². The molecule has 2 rings (SSSR count). The molecule has 4 nitrogen and oxygen atoms in total. The van der Waals surface area contributed by atoms with E-state index >= 15 is 0 Å². The van der Waals surface area contributed by atoms with E-state index in [1.165, 1.54) is 17.7 Å². The van der Waals surface area contributed by atoms with Gasteiger partial charge in [0.1, 0.15) is 10.6 Å². The predicted molar refractivity (Wildman–Crippen MR) is 88.9 cm³/mol. The fourth-order valence-electron chi connectivity index (χ4n) is 2.13. The van der Waals surface area contributed by atoms with E-state index in [0.29, 0.717) is 5.95 Å². The molecule has 2 aromatic rings. The smallest absolute Gasteiger partial charge is 0.226 e. The van der Waals surface area contributed by atoms with Crippen molar-refractivity contribution in [1.82, 2.24) is 9.97 Å². The average Bonchev–Trinajstić information content (AvgIpc) is 2.75. The van der Waals surface area contributed by atoms with Crippen molar-refractivity contribution in [2.45, 2.75) is 40.5 Å². The van der Waals surface area contributed by atoms with E-state index in [9.17, 15) is 0 Å². The lowest BCUT2D eigenvalue weighted by atomic mass is 10.1. The zero-order valence-corrected chi connectivity index (χ0v) is 13.6. The summed E-state index contributed by atoms with van der Waals surface area (Å²) >= 11 is 1.72. The van der Waals surface area contributed by atoms with Crippen molar-refractivity contribution in [2.75, 3.05) is 23.7 Å². The standard InChI is InChI=1S/C15H24N4S/c1-5-16-15-18-13(17-8-6-7-10(2)3)12-9-11(4)20-14(12)19-15/h9-10H,5-8H2,1-4H3,(H2,16,17,18,19). The molecule has 0 amide bonds. The topological polar surface area (TPSA) is 49.8 Å². The Morgan fingerprint density at radius 1 is 1.25 bits per heavy atom. The normalized spacial score (nSPS) is 11.2. The number of aromatic nitrogens is 2. The van der Waals surface area contributed by atoms with Crippen LogP contribution in [-0.2, 0) is 0 Å². The third-order valence-electron chi connectivity index (χ3n) is 3.10. The molecule has 0 bridgehead atoms. The Labute approximate surface area is 125 Å². The van der Waals surface area contributed by atoms with Gasteiger partial charge in [-0.3, -0.25) is 0 Å². The van der Waals surface area contributed by atoms with Gasteiger partial charge in [0.05, 0.1) is 5.39 Å². The maximum absolute atomic E-state index is 4.59. The van der Waals surface area contributed by atoms with Crippen molar-refractivity contribution >= 4 is 33.3 Å². The first-order valence-corrected chi connectivity index (χ1v) is 8.17. The number of nitrogens with zero attached hydrogens (tertiary/aromatic N) is 2. The molecule has 0 aliphatic heterocycles. The Kier molecular flexibility index (Phi) is 5.17. The Balaban J connectivity index is 2.16. The number of fused-ring (bicyclic) bond motifs is 1. The number of rotatable bonds is 7. The Morgan fingerprint density at radius 2 is 2.05 bits per heavy atom. The van der Waals surface area contributed by atoms with Crippen molar-refractivity contribution in [1.29, 1.82) is 0 Å². The molecule has 0 atom stereocenters. The second-order valence-electron chi connectivity index (χ2n) is 5.46. The van der Waals surface area contributed by atoms with Crippen molar-refractivity contribution in [3.63, 3.8) is 0 Å². The summed E-state index contributed by atoms with van der Waals surface area (Å²) < 4.78 is 0. The lowest BCUT2D eigenvalue weighted by Gasteiger charge is -2.10. The zero-order chi connectivity index (χ0) is 14.5. The predicted octanol–water partition coefficient (Wildman–Crippen LogP) is 4.28. The highest BCUT2D eigenvalue weighted by molar-refractivity contribution is 7.18. The third-order valence-corrected chi connectivity index (χ3v) is 4.05. The minimum atomic E-state index is 0.716. The minimum absolute atomic E-state index is 0.716. The highest BCUT2D eigenvalue weighted by atomic mass is 32.1. The fraction of sp³-hybridized carbons (Fsp3) is 0.600. The van der Waals surface area contributed by atoms with Gasteiger partial charge in [-0.1, -0.05) is 13.8 Å². The van der Waals surface area contributed by atoms with Crippen molar-refractivity contribution < 1.29 is 0 Å². The van der Waals surface area contributed by atoms with Gasteiger partial charge in [0.2, 0.25) is 5.95 Å². The van der Waals surface area contributed by atoms with Gasteiger partial charge in [-0.25, -0.2) is 4.98 Å². The highest BCUT2D eigenvalue weighted by Crippen LogP contribution is 2.29. The van der Waals surface area contributed by atoms with E-state index in [1.54, 1.807) is 11.3 Å². The van der Waals surface area contributed by atoms with Crippen LogP contribution in [-0.4, -0.2) is 23.1 Å². The van der Waals surface area contributed by atoms with E-state index in [4.69, 9.17) is 0 Å². The van der Waals surface area contributed by atoms with E-state index in [1.807, 2.05) is 0 Å². The largest absolute Gasteiger partial charge is 0.369 e. The zero-order valence-electron chi connectivity index (χ0n) is 12.8. The van der Waals surface area contributed by atoms with E-state index < -0.39 is 0 Å². The van der Waals surface area contributed by atoms with Crippen molar-refractivity contribution in [3.8, 4) is 0 Å². The number of nitrogens with one attached hydrogen (secondary N) is 2. The van der Waals surface area contributed by atoms with E-state index in [0.717, 1.165) is 35.0 Å². The molecule has 2 N–H and O–H groups in total. The van der Waals surface area contributed by atoms with Gasteiger partial charge < -0.3 is 10.6 Å². The molecule has 0 saturated carbocycles. The van der Waals surface area contributed by atoms with Gasteiger partial charge in [-0.05, 0) is 38.7 Å². The molecule has 5 heteroatoms. The van der Waals surface area contributed by atoms with Gasteiger partial charge in [0, 0.05) is 18.0 Å². The molecule has 0 aromatic carbocycles. The number of anilines is 2. The van der Waals surface area contributed by atoms with Crippen LogP contribution in [0.4, 0.5) is 11.8 Å². The maximum atomic E-state index is 4.59. The van der Waals surface area contributed by atoms with Gasteiger partial charge in [-0.15, -0.1) is 11.3 Å². The summed E-state index contributed by atoms with van der Waals surface area (Å²) in [4.78, 5) is 11.5. The van der Waals surface area contributed by atoms with Crippen LogP contribution in [0.5, 0.6) is 0 Å². The number of thiophene rings is 1. The molecular formula is C15H24N4S. The molecule has 0 fully saturated rings. The van der Waals surface area contributed by atoms with Crippen LogP contribution >= 0.6 is 11.3 Å². The molecule has 0 radical (unpaired) electrons. The molecule has 110 valence electrons. The first kappa shape index (κ1) is 15.0. The average molecular weight is 292 g/mol. The van der Waals surface area contributed by atoms with Crippen LogP contribution < -0.4 is 10.6 Å². The second-order valence-corrected chi connectivity index (χ2v) is 6.70. The summed E-state index contributed by atoms with van der Waals surface area (Å²) in [5, 5.41) is 7.81. The van der Waals surface area contributed by atoms with Crippen molar-refractivity contribution in [2.24, 2.45) is 5.92 Å². The van der Waals surface area contributed by atoms with E-state index in [2.05, 4.69) is 54.4 Å². The molecule has 0 saturated heterocycles. The maximum Gasteiger partial charge on any atom is 0.226 e. The Hall–Kier alpha value is -1.36. The fourth-order valence-corrected chi connectivity index (χ4v) is 3.01. The second kappa shape index (κ2) is 6.88. The van der Waals surface area contributed by atoms with Crippen LogP contribution in [0.25, 0.3) is 10.2 Å². The molecule has 0 aliphatic carbocycles. The number of hydrogen-bond acceptors (Lipinski definition) is 5. The van der Waals surface area contributed by atoms with Crippen LogP contribution in [0.1, 0.15) is 38.5 Å². The summed E-state index contributed by atoms with van der Waals surface area (Å²) in [5.41, 5.74) is 0. The lowest BCUT2D eigenvalue weighted by Crippen LogP contribution is -2.08. The molecule has 0 spiro atoms. The summed E-state index contributed by atoms with van der Waals surface area (Å²) in [6, 6.07) is 2.17. The molecule has 0 unspecified atom stereocenters. The van der Waals surface area contributed by atoms with Crippen LogP contribution in [0.15, 0.2) is 6.07 Å². The first-order chi connectivity index (χ1) is 9.60. The summed E-state index contributed by atoms with van der Waals surface area (Å²) in [5.74, 6) is 2.43. The molecular weight excluding hydrogens is 268 g/mol. The molecule has 0 aliphatic rings. The summed E-state index contributed by atoms with van der Waals surface area (Å²) in [6.45, 7) is 10.5. The van der Waals surface area contributed by atoms with Crippen LogP contribution in [0, 0.1) is 12.8 Å². The molecule has 2 aromatic heterocycles. The Bertz CT molecular complexity index is 562. The third kappa shape index (κ3) is 3.82. The first-order valence-electron chi connectivity index (χ1n) is 7.36. The van der Waals surface area contributed by atoms with E-state index in [-0.39, 0.29) is 0 Å². The van der Waals surface area contributed by atoms with Gasteiger partial charge in [0.25, 0.3) is 0 Å². The van der Waals surface area contributed by atoms with Gasteiger partial charge in [-0.2, -0.15) is 4.98 Å². The van der Waals surface area contributed by atoms with Gasteiger partial charge in [0.15, 0.2) is 0 Å². The monoisotopic (exact) mass is 292 g/mol. The quantitative estimate of drug-likeness (QED) is 0.748. The summed E-state index contributed by atoms with van der Waals surface area (Å²) in [7, 11) is 0. The number of hydrogen-bond donors (Lipinski definition) is 2. The molecule has 20 heavy (non-hydrogen) atoms. The molecule has 2 heterocycles. The number of aryl methyl sites for hydroxylation is 1. The van der Waals surface area contributed by atoms with Crippen molar-refractivity contribution in [3.05, 3.63) is 10.9 Å². The summed E-state index contributed by atoms with van der Waals surface area (Å²) in [6.07, 6.45) is 2.41. The van der Waals surface area contributed by atoms with Crippen LogP contribution in [0.2, 0.25) is 0 Å². The lowest BCUT2D eigenvalue weighted by molar-refractivity contribution is 0.567. The Morgan fingerprint density at radius 3 is 2.75 bits per heavy atom. The highest BCUT2D eigenvalue weighted by Gasteiger charge is 2.10.